The first-order chi connectivity index (χ1) is 13.2. The third-order valence-electron chi connectivity index (χ3n) is 3.97. The summed E-state index contributed by atoms with van der Waals surface area (Å²) >= 11 is 1.97. The molecule has 28 heavy (non-hydrogen) atoms. The molecule has 144 valence electrons. The van der Waals surface area contributed by atoms with Gasteiger partial charge in [-0.3, -0.25) is 4.79 Å². The fraction of sp³-hybridized carbons (Fsp3) is 0.0500. The van der Waals surface area contributed by atoms with Crippen LogP contribution in [0.4, 0.5) is 8.78 Å². The number of hydrogen-bond acceptors (Lipinski definition) is 4. The number of rotatable bonds is 5. The van der Waals surface area contributed by atoms with Crippen molar-refractivity contribution in [1.82, 2.24) is 0 Å². The number of halogens is 3. The number of nitrogens with two attached hydrogens (primary N) is 1. The second kappa shape index (κ2) is 8.01. The fourth-order valence-electron chi connectivity index (χ4n) is 2.70. The van der Waals surface area contributed by atoms with E-state index in [2.05, 4.69) is 0 Å². The predicted molar refractivity (Wildman–Crippen MR) is 107 cm³/mol. The van der Waals surface area contributed by atoms with Gasteiger partial charge in [-0.05, 0) is 64.0 Å². The average Bonchev–Trinajstić information content (AvgIpc) is 2.60. The summed E-state index contributed by atoms with van der Waals surface area (Å²) in [5.41, 5.74) is 5.78. The minimum Gasteiger partial charge on any atom is -0.504 e. The lowest BCUT2D eigenvalue weighted by molar-refractivity contribution is 0.0997. The molecule has 5 nitrogen and oxygen atoms in total. The highest BCUT2D eigenvalue weighted by atomic mass is 127. The van der Waals surface area contributed by atoms with Crippen LogP contribution in [0.1, 0.15) is 21.5 Å². The summed E-state index contributed by atoms with van der Waals surface area (Å²) in [5, 5.41) is 19.0. The van der Waals surface area contributed by atoms with E-state index in [-0.39, 0.29) is 40.4 Å². The normalized spacial score (nSPS) is 10.7. The number of ether oxygens (including phenoxy) is 1. The van der Waals surface area contributed by atoms with E-state index in [0.29, 0.717) is 3.57 Å². The van der Waals surface area contributed by atoms with E-state index >= 15 is 0 Å². The van der Waals surface area contributed by atoms with Crippen LogP contribution in [-0.4, -0.2) is 16.1 Å². The van der Waals surface area contributed by atoms with E-state index in [4.69, 9.17) is 10.5 Å². The Labute approximate surface area is 172 Å². The van der Waals surface area contributed by atoms with Gasteiger partial charge in [0, 0.05) is 22.1 Å². The van der Waals surface area contributed by atoms with Crippen LogP contribution in [0.2, 0.25) is 0 Å². The Morgan fingerprint density at radius 1 is 1.00 bits per heavy atom. The largest absolute Gasteiger partial charge is 0.504 e. The van der Waals surface area contributed by atoms with Crippen LogP contribution < -0.4 is 10.5 Å². The molecule has 0 aliphatic carbocycles. The number of carbonyl (C=O) groups is 1. The molecule has 0 bridgehead atoms. The number of phenols is 2. The highest BCUT2D eigenvalue weighted by Crippen LogP contribution is 2.34. The molecule has 0 spiro atoms. The van der Waals surface area contributed by atoms with E-state index in [1.165, 1.54) is 18.2 Å². The first-order valence-electron chi connectivity index (χ1n) is 8.00. The molecule has 0 aromatic heterocycles. The van der Waals surface area contributed by atoms with E-state index < -0.39 is 23.3 Å². The zero-order valence-electron chi connectivity index (χ0n) is 14.2. The van der Waals surface area contributed by atoms with Gasteiger partial charge in [-0.1, -0.05) is 6.07 Å². The Kier molecular flexibility index (Phi) is 5.68. The van der Waals surface area contributed by atoms with Crippen LogP contribution in [0.15, 0.2) is 48.5 Å². The van der Waals surface area contributed by atoms with Gasteiger partial charge in [0.2, 0.25) is 0 Å². The van der Waals surface area contributed by atoms with Gasteiger partial charge >= 0.3 is 0 Å². The van der Waals surface area contributed by atoms with Crippen molar-refractivity contribution < 1.29 is 28.5 Å². The Hall–Kier alpha value is -2.88. The van der Waals surface area contributed by atoms with Crippen molar-refractivity contribution in [3.05, 3.63) is 80.4 Å². The van der Waals surface area contributed by atoms with Crippen molar-refractivity contribution in [3.8, 4) is 23.0 Å². The predicted octanol–water partition coefficient (Wildman–Crippen LogP) is 4.46. The van der Waals surface area contributed by atoms with Crippen molar-refractivity contribution in [2.45, 2.75) is 6.42 Å². The monoisotopic (exact) mass is 497 g/mol. The molecule has 0 aliphatic heterocycles. The molecule has 0 atom stereocenters. The van der Waals surface area contributed by atoms with E-state index in [1.807, 2.05) is 22.6 Å². The van der Waals surface area contributed by atoms with E-state index in [0.717, 1.165) is 18.2 Å². The summed E-state index contributed by atoms with van der Waals surface area (Å²) in [6.07, 6.45) is -0.0734. The lowest BCUT2D eigenvalue weighted by Crippen LogP contribution is -2.16. The molecule has 0 saturated heterocycles. The summed E-state index contributed by atoms with van der Waals surface area (Å²) in [5.74, 6) is -3.01. The van der Waals surface area contributed by atoms with Crippen molar-refractivity contribution >= 4 is 28.5 Å². The Morgan fingerprint density at radius 2 is 1.75 bits per heavy atom. The van der Waals surface area contributed by atoms with Crippen molar-refractivity contribution in [2.75, 3.05) is 0 Å². The van der Waals surface area contributed by atoms with Gasteiger partial charge in [-0.15, -0.1) is 0 Å². The number of amides is 1. The summed E-state index contributed by atoms with van der Waals surface area (Å²) in [6, 6.07) is 10.2. The van der Waals surface area contributed by atoms with Crippen LogP contribution in [-0.2, 0) is 6.42 Å². The topological polar surface area (TPSA) is 92.8 Å². The zero-order valence-corrected chi connectivity index (χ0v) is 16.4. The van der Waals surface area contributed by atoms with Gasteiger partial charge in [0.15, 0.2) is 11.5 Å². The van der Waals surface area contributed by atoms with E-state index in [1.54, 1.807) is 12.1 Å². The molecule has 0 radical (unpaired) electrons. The fourth-order valence-corrected chi connectivity index (χ4v) is 3.15. The molecule has 0 aliphatic rings. The lowest BCUT2D eigenvalue weighted by Gasteiger charge is -2.15. The third-order valence-corrected chi connectivity index (χ3v) is 4.64. The van der Waals surface area contributed by atoms with Crippen LogP contribution in [0.3, 0.4) is 0 Å². The van der Waals surface area contributed by atoms with Gasteiger partial charge in [0.25, 0.3) is 5.91 Å². The number of hydrogen-bond donors (Lipinski definition) is 3. The Morgan fingerprint density at radius 3 is 2.39 bits per heavy atom. The van der Waals surface area contributed by atoms with Crippen LogP contribution in [0.5, 0.6) is 23.0 Å². The molecule has 0 saturated carbocycles. The standard InChI is InChI=1S/C20H14F2INO4/c21-12-6-11(5-10-1-2-13(23)8-15(10)22)19(20(24)27)18(7-12)28-14-3-4-16(25)17(26)9-14/h1-4,6-9,25-26H,5H2,(H2,24,27). The molecular weight excluding hydrogens is 483 g/mol. The number of carbonyl (C=O) groups excluding carboxylic acids is 1. The van der Waals surface area contributed by atoms with Gasteiger partial charge in [0.1, 0.15) is 23.1 Å². The number of phenolic OH excluding ortho intramolecular Hbond substituents is 2. The maximum atomic E-state index is 14.2. The molecular formula is C20H14F2INO4. The van der Waals surface area contributed by atoms with Crippen molar-refractivity contribution in [3.63, 3.8) is 0 Å². The minimum absolute atomic E-state index is 0.0507. The SMILES string of the molecule is NC(=O)c1c(Cc2ccc(I)cc2F)cc(F)cc1Oc1ccc(O)c(O)c1. The van der Waals surface area contributed by atoms with Crippen LogP contribution in [0.25, 0.3) is 0 Å². The minimum atomic E-state index is -0.876. The maximum absolute atomic E-state index is 14.2. The molecule has 3 rings (SSSR count). The summed E-state index contributed by atoms with van der Waals surface area (Å²) in [6.45, 7) is 0. The third kappa shape index (κ3) is 4.33. The summed E-state index contributed by atoms with van der Waals surface area (Å²) in [4.78, 5) is 12.0. The molecule has 1 amide bonds. The molecule has 3 aromatic carbocycles. The number of benzene rings is 3. The van der Waals surface area contributed by atoms with Gasteiger partial charge in [0.05, 0.1) is 5.56 Å². The molecule has 0 heterocycles. The zero-order chi connectivity index (χ0) is 20.4. The molecule has 8 heteroatoms. The average molecular weight is 497 g/mol. The van der Waals surface area contributed by atoms with E-state index in [9.17, 15) is 23.8 Å². The number of aromatic hydroxyl groups is 2. The van der Waals surface area contributed by atoms with Crippen LogP contribution in [0, 0.1) is 15.2 Å². The highest BCUT2D eigenvalue weighted by Gasteiger charge is 2.20. The molecule has 3 aromatic rings. The second-order valence-corrected chi connectivity index (χ2v) is 7.21. The molecule has 0 fully saturated rings. The summed E-state index contributed by atoms with van der Waals surface area (Å²) < 4.78 is 34.6. The highest BCUT2D eigenvalue weighted by molar-refractivity contribution is 14.1. The quantitative estimate of drug-likeness (QED) is 0.359. The second-order valence-electron chi connectivity index (χ2n) is 5.97. The van der Waals surface area contributed by atoms with Gasteiger partial charge in [-0.25, -0.2) is 8.78 Å². The number of primary amides is 1. The lowest BCUT2D eigenvalue weighted by atomic mass is 9.98. The smallest absolute Gasteiger partial charge is 0.252 e. The Balaban J connectivity index is 2.05. The van der Waals surface area contributed by atoms with Crippen molar-refractivity contribution in [2.24, 2.45) is 5.73 Å². The summed E-state index contributed by atoms with van der Waals surface area (Å²) in [7, 11) is 0. The molecule has 0 unspecified atom stereocenters. The van der Waals surface area contributed by atoms with Crippen molar-refractivity contribution in [1.29, 1.82) is 0 Å². The Bertz CT molecular complexity index is 1070. The first kappa shape index (κ1) is 19.9. The van der Waals surface area contributed by atoms with Gasteiger partial charge < -0.3 is 20.7 Å². The van der Waals surface area contributed by atoms with Crippen LogP contribution >= 0.6 is 22.6 Å². The molecule has 4 N–H and O–H groups in total. The first-order valence-corrected chi connectivity index (χ1v) is 9.08. The van der Waals surface area contributed by atoms with Gasteiger partial charge in [-0.2, -0.15) is 0 Å². The maximum Gasteiger partial charge on any atom is 0.252 e.